The lowest BCUT2D eigenvalue weighted by Crippen LogP contribution is -2.40. The number of nitrogens with zero attached hydrogens (tertiary/aromatic N) is 3. The van der Waals surface area contributed by atoms with Crippen LogP contribution in [0, 0.1) is 6.92 Å². The molecule has 3 heterocycles. The van der Waals surface area contributed by atoms with Crippen molar-refractivity contribution >= 4 is 10.9 Å². The summed E-state index contributed by atoms with van der Waals surface area (Å²) in [7, 11) is 3.25. The second-order valence-electron chi connectivity index (χ2n) is 9.84. The van der Waals surface area contributed by atoms with Crippen LogP contribution in [-0.2, 0) is 24.4 Å². The summed E-state index contributed by atoms with van der Waals surface area (Å²) in [6.07, 6.45) is -0.510. The highest BCUT2D eigenvalue weighted by Crippen LogP contribution is 2.47. The molecule has 1 aliphatic rings. The summed E-state index contributed by atoms with van der Waals surface area (Å²) in [6.45, 7) is 9.13. The third-order valence-electron chi connectivity index (χ3n) is 6.86. The minimum absolute atomic E-state index is 0.311. The van der Waals surface area contributed by atoms with Crippen molar-refractivity contribution in [2.24, 2.45) is 14.1 Å². The van der Waals surface area contributed by atoms with Crippen LogP contribution < -0.4 is 16.0 Å². The van der Waals surface area contributed by atoms with Gasteiger partial charge in [-0.15, -0.1) is 0 Å². The van der Waals surface area contributed by atoms with Crippen molar-refractivity contribution < 1.29 is 9.47 Å². The van der Waals surface area contributed by atoms with Gasteiger partial charge in [0.15, 0.2) is 0 Å². The smallest absolute Gasteiger partial charge is 0.331 e. The van der Waals surface area contributed by atoms with Crippen molar-refractivity contribution in [1.29, 1.82) is 0 Å². The zero-order valence-corrected chi connectivity index (χ0v) is 21.1. The van der Waals surface area contributed by atoms with Gasteiger partial charge in [-0.2, -0.15) is 0 Å². The molecule has 0 saturated carbocycles. The number of para-hydroxylation sites is 1. The van der Waals surface area contributed by atoms with Crippen LogP contribution in [0.25, 0.3) is 22.2 Å². The van der Waals surface area contributed by atoms with Crippen LogP contribution in [0.3, 0.4) is 0 Å². The first-order chi connectivity index (χ1) is 16.7. The SMILES string of the molecule is CCOc1ccccc1C1OCC(C)(C)n2c(-c3cccc(C)c3)c3c(=O)n(C)c(=O)n(C)c3c21. The molecule has 0 N–H and O–H groups in total. The summed E-state index contributed by atoms with van der Waals surface area (Å²) >= 11 is 0. The van der Waals surface area contributed by atoms with E-state index >= 15 is 0 Å². The van der Waals surface area contributed by atoms with Crippen LogP contribution in [0.15, 0.2) is 58.1 Å². The van der Waals surface area contributed by atoms with Gasteiger partial charge in [0.2, 0.25) is 0 Å². The average molecular weight is 474 g/mol. The van der Waals surface area contributed by atoms with Crippen molar-refractivity contribution in [1.82, 2.24) is 13.7 Å². The van der Waals surface area contributed by atoms with Gasteiger partial charge in [0, 0.05) is 19.7 Å². The Kier molecular flexibility index (Phi) is 5.48. The first-order valence-electron chi connectivity index (χ1n) is 11.9. The van der Waals surface area contributed by atoms with E-state index in [4.69, 9.17) is 9.47 Å². The Balaban J connectivity index is 2.00. The summed E-state index contributed by atoms with van der Waals surface area (Å²) in [4.78, 5) is 26.8. The largest absolute Gasteiger partial charge is 0.493 e. The molecular weight excluding hydrogens is 442 g/mol. The summed E-state index contributed by atoms with van der Waals surface area (Å²) in [6, 6.07) is 15.9. The maximum absolute atomic E-state index is 13.7. The number of fused-ring (bicyclic) bond motifs is 3. The van der Waals surface area contributed by atoms with Crippen LogP contribution >= 0.6 is 0 Å². The van der Waals surface area contributed by atoms with Gasteiger partial charge >= 0.3 is 5.69 Å². The van der Waals surface area contributed by atoms with Gasteiger partial charge < -0.3 is 14.0 Å². The van der Waals surface area contributed by atoms with Crippen LogP contribution in [0.5, 0.6) is 5.75 Å². The average Bonchev–Trinajstić information content (AvgIpc) is 3.20. The van der Waals surface area contributed by atoms with E-state index in [1.807, 2.05) is 56.3 Å². The molecule has 7 nitrogen and oxygen atoms in total. The Hall–Kier alpha value is -3.58. The normalized spacial score (nSPS) is 16.9. The van der Waals surface area contributed by atoms with E-state index in [0.29, 0.717) is 24.1 Å². The van der Waals surface area contributed by atoms with Gasteiger partial charge in [-0.3, -0.25) is 13.9 Å². The fraction of sp³-hybridized carbons (Fsp3) is 0.357. The quantitative estimate of drug-likeness (QED) is 0.444. The van der Waals surface area contributed by atoms with Gasteiger partial charge in [-0.25, -0.2) is 4.79 Å². The van der Waals surface area contributed by atoms with Crippen molar-refractivity contribution in [2.75, 3.05) is 13.2 Å². The Bertz CT molecular complexity index is 1570. The molecule has 1 unspecified atom stereocenters. The van der Waals surface area contributed by atoms with E-state index in [9.17, 15) is 9.59 Å². The van der Waals surface area contributed by atoms with E-state index in [2.05, 4.69) is 24.5 Å². The molecule has 1 atom stereocenters. The summed E-state index contributed by atoms with van der Waals surface area (Å²) in [5.74, 6) is 0.728. The van der Waals surface area contributed by atoms with Crippen molar-refractivity contribution in [3.63, 3.8) is 0 Å². The molecule has 0 bridgehead atoms. The van der Waals surface area contributed by atoms with Crippen LogP contribution in [0.2, 0.25) is 0 Å². The van der Waals surface area contributed by atoms with Gasteiger partial charge in [0.1, 0.15) is 11.9 Å². The second-order valence-corrected chi connectivity index (χ2v) is 9.84. The number of benzene rings is 2. The monoisotopic (exact) mass is 473 g/mol. The maximum Gasteiger partial charge on any atom is 0.331 e. The minimum atomic E-state index is -0.510. The summed E-state index contributed by atoms with van der Waals surface area (Å²) in [5.41, 5.74) is 3.94. The highest BCUT2D eigenvalue weighted by atomic mass is 16.5. The van der Waals surface area contributed by atoms with Crippen molar-refractivity contribution in [3.05, 3.63) is 86.2 Å². The lowest BCUT2D eigenvalue weighted by molar-refractivity contribution is -0.00816. The zero-order chi connectivity index (χ0) is 25.1. The van der Waals surface area contributed by atoms with Gasteiger partial charge in [-0.1, -0.05) is 42.0 Å². The van der Waals surface area contributed by atoms with E-state index in [0.717, 1.165) is 33.8 Å². The molecule has 0 fully saturated rings. The molecule has 5 rings (SSSR count). The van der Waals surface area contributed by atoms with Gasteiger partial charge in [-0.05, 0) is 45.4 Å². The fourth-order valence-electron chi connectivity index (χ4n) is 5.28. The number of rotatable bonds is 4. The predicted octanol–water partition coefficient (Wildman–Crippen LogP) is 4.27. The van der Waals surface area contributed by atoms with E-state index < -0.39 is 11.6 Å². The number of aryl methyl sites for hydroxylation is 2. The molecule has 0 aliphatic carbocycles. The fourth-order valence-corrected chi connectivity index (χ4v) is 5.28. The molecule has 1 aliphatic heterocycles. The third kappa shape index (κ3) is 3.45. The van der Waals surface area contributed by atoms with E-state index in [1.165, 1.54) is 11.6 Å². The minimum Gasteiger partial charge on any atom is -0.493 e. The molecule has 35 heavy (non-hydrogen) atoms. The molecule has 2 aromatic carbocycles. The third-order valence-corrected chi connectivity index (χ3v) is 6.86. The standard InChI is InChI=1S/C28H31N3O4/c1-7-34-20-14-9-8-13-19(20)25-24-23-21(26(32)30(6)27(33)29(23)5)22(18-12-10-11-17(2)15-18)31(24)28(3,4)16-35-25/h8-15,25H,7,16H2,1-6H3. The second kappa shape index (κ2) is 8.27. The molecule has 0 spiro atoms. The predicted molar refractivity (Wildman–Crippen MR) is 137 cm³/mol. The Morgan fingerprint density at radius 1 is 1.06 bits per heavy atom. The number of hydrogen-bond acceptors (Lipinski definition) is 4. The lowest BCUT2D eigenvalue weighted by Gasteiger charge is -2.39. The van der Waals surface area contributed by atoms with Crippen LogP contribution in [0.4, 0.5) is 0 Å². The topological polar surface area (TPSA) is 67.4 Å². The van der Waals surface area contributed by atoms with E-state index in [1.54, 1.807) is 11.6 Å². The highest BCUT2D eigenvalue weighted by Gasteiger charge is 2.41. The first-order valence-corrected chi connectivity index (χ1v) is 11.9. The zero-order valence-electron chi connectivity index (χ0n) is 21.1. The molecule has 7 heteroatoms. The maximum atomic E-state index is 13.7. The summed E-state index contributed by atoms with van der Waals surface area (Å²) < 4.78 is 17.4. The van der Waals surface area contributed by atoms with Crippen LogP contribution in [-0.4, -0.2) is 26.9 Å². The highest BCUT2D eigenvalue weighted by molar-refractivity contribution is 5.97. The molecule has 0 saturated heterocycles. The molecule has 4 aromatic rings. The first kappa shape index (κ1) is 23.2. The summed E-state index contributed by atoms with van der Waals surface area (Å²) in [5, 5.41) is 0.521. The Morgan fingerprint density at radius 2 is 1.80 bits per heavy atom. The lowest BCUT2D eigenvalue weighted by atomic mass is 9.97. The molecule has 0 radical (unpaired) electrons. The molecule has 182 valence electrons. The molecular formula is C28H31N3O4. The molecule has 2 aromatic heterocycles. The number of hydrogen-bond donors (Lipinski definition) is 0. The van der Waals surface area contributed by atoms with Crippen molar-refractivity contribution in [2.45, 2.75) is 39.3 Å². The van der Waals surface area contributed by atoms with Gasteiger partial charge in [0.05, 0.1) is 41.0 Å². The number of aromatic nitrogens is 3. The Morgan fingerprint density at radius 3 is 2.51 bits per heavy atom. The molecule has 0 amide bonds. The van der Waals surface area contributed by atoms with Gasteiger partial charge in [0.25, 0.3) is 5.56 Å². The van der Waals surface area contributed by atoms with E-state index in [-0.39, 0.29) is 11.2 Å². The van der Waals surface area contributed by atoms with Crippen molar-refractivity contribution in [3.8, 4) is 17.0 Å². The van der Waals surface area contributed by atoms with Crippen LogP contribution in [0.1, 0.15) is 43.7 Å². The number of ether oxygens (including phenoxy) is 2. The Labute approximate surface area is 204 Å².